The lowest BCUT2D eigenvalue weighted by Gasteiger charge is -2.36. The van der Waals surface area contributed by atoms with Crippen molar-refractivity contribution in [1.29, 1.82) is 0 Å². The van der Waals surface area contributed by atoms with Crippen molar-refractivity contribution >= 4 is 23.3 Å². The maximum absolute atomic E-state index is 4.70. The zero-order valence-electron chi connectivity index (χ0n) is 14.8. The van der Waals surface area contributed by atoms with Crippen LogP contribution in [0.5, 0.6) is 0 Å². The van der Waals surface area contributed by atoms with Crippen molar-refractivity contribution in [3.63, 3.8) is 0 Å². The highest BCUT2D eigenvalue weighted by Crippen LogP contribution is 2.21. The highest BCUT2D eigenvalue weighted by Gasteiger charge is 2.19. The average Bonchev–Trinajstić information content (AvgIpc) is 2.71. The molecular weight excluding hydrogens is 324 g/mol. The summed E-state index contributed by atoms with van der Waals surface area (Å²) in [6, 6.07) is 16.2. The molecule has 0 radical (unpaired) electrons. The molecule has 1 aliphatic rings. The van der Waals surface area contributed by atoms with Crippen LogP contribution in [0.25, 0.3) is 0 Å². The Labute approximate surface area is 153 Å². The third-order valence-electron chi connectivity index (χ3n) is 4.61. The number of para-hydroxylation sites is 1. The van der Waals surface area contributed by atoms with Crippen LogP contribution in [0.3, 0.4) is 0 Å². The lowest BCUT2D eigenvalue weighted by atomic mass is 10.2. The molecule has 0 bridgehead atoms. The second-order valence-corrected chi connectivity index (χ2v) is 6.34. The van der Waals surface area contributed by atoms with Gasteiger partial charge in [0.15, 0.2) is 0 Å². The molecule has 6 nitrogen and oxygen atoms in total. The van der Waals surface area contributed by atoms with Gasteiger partial charge < -0.3 is 15.1 Å². The van der Waals surface area contributed by atoms with Gasteiger partial charge in [-0.25, -0.2) is 9.97 Å². The summed E-state index contributed by atoms with van der Waals surface area (Å²) < 4.78 is 0. The van der Waals surface area contributed by atoms with E-state index in [-0.39, 0.29) is 0 Å². The largest absolute Gasteiger partial charge is 0.353 e. The Kier molecular flexibility index (Phi) is 4.64. The van der Waals surface area contributed by atoms with Crippen LogP contribution < -0.4 is 15.1 Å². The molecular formula is C20H22N6. The van der Waals surface area contributed by atoms with E-state index in [0.717, 1.165) is 43.5 Å². The molecule has 1 fully saturated rings. The zero-order valence-corrected chi connectivity index (χ0v) is 14.8. The summed E-state index contributed by atoms with van der Waals surface area (Å²) >= 11 is 0. The van der Waals surface area contributed by atoms with Crippen molar-refractivity contribution in [3.8, 4) is 0 Å². The second kappa shape index (κ2) is 7.39. The number of nitrogens with one attached hydrogen (secondary N) is 1. The van der Waals surface area contributed by atoms with Gasteiger partial charge in [0.2, 0.25) is 5.95 Å². The standard InChI is InChI=1S/C20H22N6/c1-16-6-2-3-7-17(16)23-20-22-11-9-19(24-20)26-14-12-25(13-15-26)18-8-4-5-10-21-18/h2-11H,12-15H2,1H3,(H,22,23,24). The molecule has 6 heteroatoms. The predicted molar refractivity (Wildman–Crippen MR) is 105 cm³/mol. The maximum atomic E-state index is 4.70. The van der Waals surface area contributed by atoms with E-state index in [1.165, 1.54) is 5.56 Å². The molecule has 0 atom stereocenters. The molecule has 1 aliphatic heterocycles. The van der Waals surface area contributed by atoms with E-state index < -0.39 is 0 Å². The van der Waals surface area contributed by atoms with Gasteiger partial charge >= 0.3 is 0 Å². The third-order valence-corrected chi connectivity index (χ3v) is 4.61. The molecule has 0 spiro atoms. The van der Waals surface area contributed by atoms with Gasteiger partial charge in [-0.05, 0) is 36.8 Å². The van der Waals surface area contributed by atoms with Crippen molar-refractivity contribution < 1.29 is 0 Å². The number of hydrogen-bond acceptors (Lipinski definition) is 6. The molecule has 1 aromatic carbocycles. The summed E-state index contributed by atoms with van der Waals surface area (Å²) in [5.41, 5.74) is 2.20. The van der Waals surface area contributed by atoms with Crippen LogP contribution in [0.2, 0.25) is 0 Å². The van der Waals surface area contributed by atoms with Crippen molar-refractivity contribution in [3.05, 3.63) is 66.5 Å². The topological polar surface area (TPSA) is 57.2 Å². The summed E-state index contributed by atoms with van der Waals surface area (Å²) in [7, 11) is 0. The minimum atomic E-state index is 0.629. The quantitative estimate of drug-likeness (QED) is 0.783. The van der Waals surface area contributed by atoms with Gasteiger partial charge in [-0.1, -0.05) is 24.3 Å². The van der Waals surface area contributed by atoms with Crippen molar-refractivity contribution in [2.75, 3.05) is 41.3 Å². The first-order chi connectivity index (χ1) is 12.8. The number of benzene rings is 1. The van der Waals surface area contributed by atoms with Crippen molar-refractivity contribution in [2.45, 2.75) is 6.92 Å². The number of piperazine rings is 1. The Bertz CT molecular complexity index is 859. The average molecular weight is 346 g/mol. The van der Waals surface area contributed by atoms with Crippen LogP contribution in [0.4, 0.5) is 23.3 Å². The van der Waals surface area contributed by atoms with Gasteiger partial charge in [0.05, 0.1) is 0 Å². The molecule has 132 valence electrons. The van der Waals surface area contributed by atoms with Gasteiger partial charge in [-0.3, -0.25) is 0 Å². The number of pyridine rings is 1. The Balaban J connectivity index is 1.44. The zero-order chi connectivity index (χ0) is 17.8. The number of nitrogens with zero attached hydrogens (tertiary/aromatic N) is 5. The SMILES string of the molecule is Cc1ccccc1Nc1nccc(N2CCN(c3ccccn3)CC2)n1. The number of aryl methyl sites for hydroxylation is 1. The van der Waals surface area contributed by atoms with Gasteiger partial charge in [0, 0.05) is 44.3 Å². The van der Waals surface area contributed by atoms with Crippen molar-refractivity contribution in [1.82, 2.24) is 15.0 Å². The summed E-state index contributed by atoms with van der Waals surface area (Å²) in [5.74, 6) is 2.62. The van der Waals surface area contributed by atoms with E-state index in [2.05, 4.69) is 44.1 Å². The Morgan fingerprint density at radius 1 is 0.769 bits per heavy atom. The highest BCUT2D eigenvalue weighted by molar-refractivity contribution is 5.59. The van der Waals surface area contributed by atoms with E-state index in [1.54, 1.807) is 0 Å². The minimum Gasteiger partial charge on any atom is -0.353 e. The van der Waals surface area contributed by atoms with Crippen LogP contribution in [0.15, 0.2) is 60.9 Å². The first-order valence-corrected chi connectivity index (χ1v) is 8.86. The fourth-order valence-corrected chi connectivity index (χ4v) is 3.12. The first kappa shape index (κ1) is 16.3. The Hall–Kier alpha value is -3.15. The molecule has 0 saturated carbocycles. The second-order valence-electron chi connectivity index (χ2n) is 6.34. The molecule has 1 saturated heterocycles. The number of hydrogen-bond donors (Lipinski definition) is 1. The number of anilines is 4. The lowest BCUT2D eigenvalue weighted by molar-refractivity contribution is 0.641. The van der Waals surface area contributed by atoms with Crippen LogP contribution in [-0.2, 0) is 0 Å². The highest BCUT2D eigenvalue weighted by atomic mass is 15.3. The summed E-state index contributed by atoms with van der Waals surface area (Å²) in [4.78, 5) is 18.1. The normalized spacial score (nSPS) is 14.3. The third kappa shape index (κ3) is 3.59. The van der Waals surface area contributed by atoms with E-state index in [0.29, 0.717) is 5.95 Å². The van der Waals surface area contributed by atoms with Crippen LogP contribution in [-0.4, -0.2) is 41.1 Å². The number of rotatable bonds is 4. The first-order valence-electron chi connectivity index (χ1n) is 8.86. The monoisotopic (exact) mass is 346 g/mol. The Morgan fingerprint density at radius 3 is 2.23 bits per heavy atom. The van der Waals surface area contributed by atoms with E-state index in [9.17, 15) is 0 Å². The van der Waals surface area contributed by atoms with Gasteiger partial charge in [-0.15, -0.1) is 0 Å². The molecule has 0 aliphatic carbocycles. The molecule has 0 amide bonds. The van der Waals surface area contributed by atoms with Gasteiger partial charge in [0.25, 0.3) is 0 Å². The molecule has 26 heavy (non-hydrogen) atoms. The van der Waals surface area contributed by atoms with Gasteiger partial charge in [-0.2, -0.15) is 4.98 Å². The summed E-state index contributed by atoms with van der Waals surface area (Å²) in [6.07, 6.45) is 3.66. The Morgan fingerprint density at radius 2 is 1.50 bits per heavy atom. The molecule has 0 unspecified atom stereocenters. The van der Waals surface area contributed by atoms with E-state index in [1.807, 2.05) is 48.8 Å². The summed E-state index contributed by atoms with van der Waals surface area (Å²) in [6.45, 7) is 5.76. The molecule has 2 aromatic heterocycles. The molecule has 3 heterocycles. The maximum Gasteiger partial charge on any atom is 0.229 e. The van der Waals surface area contributed by atoms with E-state index >= 15 is 0 Å². The van der Waals surface area contributed by atoms with Crippen molar-refractivity contribution in [2.24, 2.45) is 0 Å². The predicted octanol–water partition coefficient (Wildman–Crippen LogP) is 3.25. The van der Waals surface area contributed by atoms with Gasteiger partial charge in [0.1, 0.15) is 11.6 Å². The van der Waals surface area contributed by atoms with Crippen LogP contribution in [0.1, 0.15) is 5.56 Å². The van der Waals surface area contributed by atoms with E-state index in [4.69, 9.17) is 4.98 Å². The minimum absolute atomic E-state index is 0.629. The van der Waals surface area contributed by atoms with Crippen LogP contribution in [0, 0.1) is 6.92 Å². The van der Waals surface area contributed by atoms with Crippen LogP contribution >= 0.6 is 0 Å². The molecule has 4 rings (SSSR count). The summed E-state index contributed by atoms with van der Waals surface area (Å²) in [5, 5.41) is 3.32. The smallest absolute Gasteiger partial charge is 0.229 e. The molecule has 3 aromatic rings. The fraction of sp³-hybridized carbons (Fsp3) is 0.250. The fourth-order valence-electron chi connectivity index (χ4n) is 3.12. The number of aromatic nitrogens is 3. The molecule has 1 N–H and O–H groups in total. The lowest BCUT2D eigenvalue weighted by Crippen LogP contribution is -2.47.